The zero-order valence-electron chi connectivity index (χ0n) is 13.4. The highest BCUT2D eigenvalue weighted by Crippen LogP contribution is 2.06. The van der Waals surface area contributed by atoms with Gasteiger partial charge < -0.3 is 14.4 Å². The van der Waals surface area contributed by atoms with Crippen molar-refractivity contribution in [1.82, 2.24) is 4.90 Å². The highest BCUT2D eigenvalue weighted by atomic mass is 16.5. The van der Waals surface area contributed by atoms with Gasteiger partial charge in [0, 0.05) is 26.6 Å². The van der Waals surface area contributed by atoms with Gasteiger partial charge in [-0.1, -0.05) is 30.3 Å². The van der Waals surface area contributed by atoms with Crippen LogP contribution >= 0.6 is 0 Å². The molecule has 0 spiro atoms. The first-order valence-corrected chi connectivity index (χ1v) is 7.63. The molecule has 22 heavy (non-hydrogen) atoms. The first-order valence-electron chi connectivity index (χ1n) is 7.63. The predicted molar refractivity (Wildman–Crippen MR) is 84.5 cm³/mol. The molecule has 0 bridgehead atoms. The SMILES string of the molecule is CCOC(=O)CCN(CCOC)C(=O)CCc1ccccc1. The molecule has 0 N–H and O–H groups in total. The first kappa shape index (κ1) is 18.2. The van der Waals surface area contributed by atoms with Crippen molar-refractivity contribution >= 4 is 11.9 Å². The molecule has 122 valence electrons. The monoisotopic (exact) mass is 307 g/mol. The average Bonchev–Trinajstić information content (AvgIpc) is 2.54. The number of amides is 1. The van der Waals surface area contributed by atoms with Crippen LogP contribution in [-0.4, -0.2) is 50.2 Å². The van der Waals surface area contributed by atoms with Crippen LogP contribution in [0.2, 0.25) is 0 Å². The molecule has 0 atom stereocenters. The fraction of sp³-hybridized carbons (Fsp3) is 0.529. The second kappa shape index (κ2) is 10.8. The second-order valence-electron chi connectivity index (χ2n) is 4.91. The zero-order chi connectivity index (χ0) is 16.2. The second-order valence-corrected chi connectivity index (χ2v) is 4.91. The number of hydrogen-bond acceptors (Lipinski definition) is 4. The number of esters is 1. The van der Waals surface area contributed by atoms with E-state index in [0.717, 1.165) is 5.56 Å². The fourth-order valence-corrected chi connectivity index (χ4v) is 2.08. The molecule has 1 aromatic rings. The van der Waals surface area contributed by atoms with E-state index in [1.165, 1.54) is 0 Å². The van der Waals surface area contributed by atoms with Crippen LogP contribution in [0.15, 0.2) is 30.3 Å². The van der Waals surface area contributed by atoms with Crippen molar-refractivity contribution in [3.05, 3.63) is 35.9 Å². The molecule has 1 rings (SSSR count). The number of carbonyl (C=O) groups excluding carboxylic acids is 2. The summed E-state index contributed by atoms with van der Waals surface area (Å²) in [6, 6.07) is 9.89. The smallest absolute Gasteiger partial charge is 0.307 e. The van der Waals surface area contributed by atoms with Crippen molar-refractivity contribution in [3.63, 3.8) is 0 Å². The zero-order valence-corrected chi connectivity index (χ0v) is 13.4. The summed E-state index contributed by atoms with van der Waals surface area (Å²) in [4.78, 5) is 25.4. The molecule has 0 radical (unpaired) electrons. The number of carbonyl (C=O) groups is 2. The molecule has 1 aromatic carbocycles. The van der Waals surface area contributed by atoms with Gasteiger partial charge in [-0.05, 0) is 18.9 Å². The van der Waals surface area contributed by atoms with Crippen molar-refractivity contribution < 1.29 is 19.1 Å². The summed E-state index contributed by atoms with van der Waals surface area (Å²) >= 11 is 0. The van der Waals surface area contributed by atoms with Crippen LogP contribution in [0.4, 0.5) is 0 Å². The standard InChI is InChI=1S/C17H25NO4/c1-3-22-17(20)11-12-18(13-14-21-2)16(19)10-9-15-7-5-4-6-8-15/h4-8H,3,9-14H2,1-2H3. The molecule has 0 aliphatic heterocycles. The number of nitrogens with zero attached hydrogens (tertiary/aromatic N) is 1. The van der Waals surface area contributed by atoms with Crippen molar-refractivity contribution in [3.8, 4) is 0 Å². The summed E-state index contributed by atoms with van der Waals surface area (Å²) in [5.41, 5.74) is 1.13. The normalized spacial score (nSPS) is 10.3. The average molecular weight is 307 g/mol. The number of aryl methyl sites for hydroxylation is 1. The minimum Gasteiger partial charge on any atom is -0.466 e. The third kappa shape index (κ3) is 7.22. The minimum atomic E-state index is -0.277. The predicted octanol–water partition coefficient (Wildman–Crippen LogP) is 2.05. The van der Waals surface area contributed by atoms with E-state index in [2.05, 4.69) is 0 Å². The van der Waals surface area contributed by atoms with Crippen molar-refractivity contribution in [2.75, 3.05) is 33.4 Å². The van der Waals surface area contributed by atoms with Gasteiger partial charge in [-0.25, -0.2) is 0 Å². The van der Waals surface area contributed by atoms with Crippen LogP contribution in [0, 0.1) is 0 Å². The Labute approximate surface area is 132 Å². The van der Waals surface area contributed by atoms with Gasteiger partial charge in [0.05, 0.1) is 19.6 Å². The highest BCUT2D eigenvalue weighted by Gasteiger charge is 2.15. The van der Waals surface area contributed by atoms with E-state index >= 15 is 0 Å². The molecule has 0 aliphatic rings. The third-order valence-corrected chi connectivity index (χ3v) is 3.28. The molecular formula is C17H25NO4. The number of hydrogen-bond donors (Lipinski definition) is 0. The summed E-state index contributed by atoms with van der Waals surface area (Å²) in [5.74, 6) is -0.244. The Morgan fingerprint density at radius 3 is 2.45 bits per heavy atom. The van der Waals surface area contributed by atoms with E-state index in [1.807, 2.05) is 30.3 Å². The molecule has 0 unspecified atom stereocenters. The van der Waals surface area contributed by atoms with Crippen LogP contribution in [0.1, 0.15) is 25.3 Å². The molecule has 0 aliphatic carbocycles. The quantitative estimate of drug-likeness (QED) is 0.621. The topological polar surface area (TPSA) is 55.8 Å². The summed E-state index contributed by atoms with van der Waals surface area (Å²) in [7, 11) is 1.60. The van der Waals surface area contributed by atoms with Crippen LogP contribution in [0.3, 0.4) is 0 Å². The molecule has 0 aromatic heterocycles. The molecular weight excluding hydrogens is 282 g/mol. The largest absolute Gasteiger partial charge is 0.466 e. The lowest BCUT2D eigenvalue weighted by atomic mass is 10.1. The lowest BCUT2D eigenvalue weighted by Gasteiger charge is -2.22. The van der Waals surface area contributed by atoms with Gasteiger partial charge in [0.15, 0.2) is 0 Å². The lowest BCUT2D eigenvalue weighted by molar-refractivity contribution is -0.144. The Bertz CT molecular complexity index is 447. The van der Waals surface area contributed by atoms with Gasteiger partial charge in [-0.3, -0.25) is 9.59 Å². The van der Waals surface area contributed by atoms with E-state index in [4.69, 9.17) is 9.47 Å². The Balaban J connectivity index is 2.46. The van der Waals surface area contributed by atoms with Crippen LogP contribution in [0.5, 0.6) is 0 Å². The van der Waals surface area contributed by atoms with E-state index in [-0.39, 0.29) is 18.3 Å². The Morgan fingerprint density at radius 1 is 1.09 bits per heavy atom. The first-order chi connectivity index (χ1) is 10.7. The molecule has 0 fully saturated rings. The summed E-state index contributed by atoms with van der Waals surface area (Å²) in [6.45, 7) is 3.45. The minimum absolute atomic E-state index is 0.0326. The van der Waals surface area contributed by atoms with E-state index in [0.29, 0.717) is 39.1 Å². The Kier molecular flexibility index (Phi) is 8.91. The number of ether oxygens (including phenoxy) is 2. The molecule has 0 heterocycles. The maximum absolute atomic E-state index is 12.3. The van der Waals surface area contributed by atoms with Gasteiger partial charge in [-0.2, -0.15) is 0 Å². The van der Waals surface area contributed by atoms with E-state index in [9.17, 15) is 9.59 Å². The Hall–Kier alpha value is -1.88. The maximum Gasteiger partial charge on any atom is 0.307 e. The van der Waals surface area contributed by atoms with E-state index < -0.39 is 0 Å². The number of methoxy groups -OCH3 is 1. The van der Waals surface area contributed by atoms with Gasteiger partial charge >= 0.3 is 5.97 Å². The third-order valence-electron chi connectivity index (χ3n) is 3.28. The van der Waals surface area contributed by atoms with Crippen LogP contribution < -0.4 is 0 Å². The van der Waals surface area contributed by atoms with Crippen molar-refractivity contribution in [2.45, 2.75) is 26.2 Å². The van der Waals surface area contributed by atoms with Crippen LogP contribution in [0.25, 0.3) is 0 Å². The molecule has 0 saturated heterocycles. The van der Waals surface area contributed by atoms with Crippen molar-refractivity contribution in [2.24, 2.45) is 0 Å². The lowest BCUT2D eigenvalue weighted by Crippen LogP contribution is -2.36. The summed E-state index contributed by atoms with van der Waals surface area (Å²) < 4.78 is 9.93. The van der Waals surface area contributed by atoms with Crippen LogP contribution in [-0.2, 0) is 25.5 Å². The number of rotatable bonds is 10. The van der Waals surface area contributed by atoms with Gasteiger partial charge in [0.1, 0.15) is 0 Å². The Morgan fingerprint density at radius 2 is 1.82 bits per heavy atom. The maximum atomic E-state index is 12.3. The van der Waals surface area contributed by atoms with Gasteiger partial charge in [0.25, 0.3) is 0 Å². The molecule has 5 nitrogen and oxygen atoms in total. The molecule has 5 heteroatoms. The fourth-order valence-electron chi connectivity index (χ4n) is 2.08. The number of benzene rings is 1. The molecule has 0 saturated carbocycles. The van der Waals surface area contributed by atoms with Gasteiger partial charge in [-0.15, -0.1) is 0 Å². The van der Waals surface area contributed by atoms with E-state index in [1.54, 1.807) is 18.9 Å². The summed E-state index contributed by atoms with van der Waals surface area (Å²) in [5, 5.41) is 0. The highest BCUT2D eigenvalue weighted by molar-refractivity contribution is 5.77. The van der Waals surface area contributed by atoms with Gasteiger partial charge in [0.2, 0.25) is 5.91 Å². The van der Waals surface area contributed by atoms with Crippen molar-refractivity contribution in [1.29, 1.82) is 0 Å². The summed E-state index contributed by atoms with van der Waals surface area (Å²) in [6.07, 6.45) is 1.34. The molecule has 1 amide bonds.